The average molecular weight is 271 g/mol. The molecule has 2 atom stereocenters. The molecule has 2 rings (SSSR count). The number of sulfone groups is 1. The van der Waals surface area contributed by atoms with Crippen molar-refractivity contribution in [3.63, 3.8) is 0 Å². The lowest BCUT2D eigenvalue weighted by Gasteiger charge is -2.19. The van der Waals surface area contributed by atoms with Crippen LogP contribution in [0.1, 0.15) is 25.7 Å². The van der Waals surface area contributed by atoms with Gasteiger partial charge in [0.2, 0.25) is 0 Å². The smallest absolute Gasteiger partial charge is 0.151 e. The molecule has 18 heavy (non-hydrogen) atoms. The first kappa shape index (κ1) is 13.5. The minimum absolute atomic E-state index is 0.137. The van der Waals surface area contributed by atoms with Gasteiger partial charge in [0.15, 0.2) is 9.84 Å². The van der Waals surface area contributed by atoms with Gasteiger partial charge >= 0.3 is 0 Å². The Morgan fingerprint density at radius 1 is 1.44 bits per heavy atom. The van der Waals surface area contributed by atoms with Crippen LogP contribution in [0.15, 0.2) is 18.5 Å². The summed E-state index contributed by atoms with van der Waals surface area (Å²) >= 11 is 0. The molecule has 1 N–H and O–H groups in total. The molecule has 0 unspecified atom stereocenters. The second kappa shape index (κ2) is 5.84. The van der Waals surface area contributed by atoms with E-state index in [-0.39, 0.29) is 11.3 Å². The summed E-state index contributed by atoms with van der Waals surface area (Å²) in [6.07, 6.45) is 8.80. The van der Waals surface area contributed by atoms with Gasteiger partial charge in [0.25, 0.3) is 0 Å². The fourth-order valence-electron chi connectivity index (χ4n) is 2.63. The number of hydrogen-bond acceptors (Lipinski definition) is 4. The van der Waals surface area contributed by atoms with Crippen molar-refractivity contribution in [1.82, 2.24) is 15.1 Å². The molecule has 1 aliphatic rings. The van der Waals surface area contributed by atoms with Crippen molar-refractivity contribution in [1.29, 1.82) is 0 Å². The molecule has 1 aromatic heterocycles. The number of rotatable bonds is 6. The van der Waals surface area contributed by atoms with Gasteiger partial charge in [0.1, 0.15) is 0 Å². The standard InChI is InChI=1S/C12H21N3O2S/c1-18(16,17)12-6-2-5-11(12)13-7-3-9-15-10-4-8-14-15/h4,8,10-13H,2-3,5-7,9H2,1H3/t11-,12-/m0/s1. The Hall–Kier alpha value is -0.880. The van der Waals surface area contributed by atoms with Gasteiger partial charge < -0.3 is 5.32 Å². The SMILES string of the molecule is CS(=O)(=O)[C@H]1CCC[C@@H]1NCCCn1cccn1. The second-order valence-electron chi connectivity index (χ2n) is 4.98. The Labute approximate surface area is 108 Å². The summed E-state index contributed by atoms with van der Waals surface area (Å²) in [5, 5.41) is 7.32. The second-order valence-corrected chi connectivity index (χ2v) is 7.25. The maximum absolute atomic E-state index is 11.6. The van der Waals surface area contributed by atoms with Gasteiger partial charge in [-0.05, 0) is 31.9 Å². The minimum Gasteiger partial charge on any atom is -0.313 e. The summed E-state index contributed by atoms with van der Waals surface area (Å²) < 4.78 is 25.1. The van der Waals surface area contributed by atoms with E-state index in [1.807, 2.05) is 16.9 Å². The first-order chi connectivity index (χ1) is 8.57. The fraction of sp³-hybridized carbons (Fsp3) is 0.750. The molecule has 1 saturated carbocycles. The minimum atomic E-state index is -2.91. The van der Waals surface area contributed by atoms with Gasteiger partial charge in [-0.15, -0.1) is 0 Å². The Balaban J connectivity index is 1.73. The van der Waals surface area contributed by atoms with E-state index < -0.39 is 9.84 Å². The van der Waals surface area contributed by atoms with Gasteiger partial charge in [-0.25, -0.2) is 8.42 Å². The zero-order valence-corrected chi connectivity index (χ0v) is 11.6. The van der Waals surface area contributed by atoms with Gasteiger partial charge in [0, 0.05) is 31.2 Å². The van der Waals surface area contributed by atoms with Crippen LogP contribution in [-0.4, -0.2) is 42.3 Å². The first-order valence-corrected chi connectivity index (χ1v) is 8.42. The van der Waals surface area contributed by atoms with E-state index in [9.17, 15) is 8.42 Å². The van der Waals surface area contributed by atoms with Crippen molar-refractivity contribution in [3.8, 4) is 0 Å². The Kier molecular flexibility index (Phi) is 4.40. The van der Waals surface area contributed by atoms with Gasteiger partial charge in [0.05, 0.1) is 5.25 Å². The van der Waals surface area contributed by atoms with E-state index in [1.54, 1.807) is 6.20 Å². The van der Waals surface area contributed by atoms with Crippen molar-refractivity contribution >= 4 is 9.84 Å². The number of nitrogens with one attached hydrogen (secondary N) is 1. The molecular formula is C12H21N3O2S. The molecule has 0 aliphatic heterocycles. The van der Waals surface area contributed by atoms with E-state index in [0.29, 0.717) is 0 Å². The highest BCUT2D eigenvalue weighted by Crippen LogP contribution is 2.24. The summed E-state index contributed by atoms with van der Waals surface area (Å²) in [5.41, 5.74) is 0. The normalized spacial score (nSPS) is 24.5. The molecular weight excluding hydrogens is 250 g/mol. The lowest BCUT2D eigenvalue weighted by Crippen LogP contribution is -2.40. The quantitative estimate of drug-likeness (QED) is 0.778. The Morgan fingerprint density at radius 2 is 2.28 bits per heavy atom. The summed E-state index contributed by atoms with van der Waals surface area (Å²) in [7, 11) is -2.91. The maximum Gasteiger partial charge on any atom is 0.151 e. The van der Waals surface area contributed by atoms with E-state index in [1.165, 1.54) is 6.26 Å². The number of aryl methyl sites for hydroxylation is 1. The lowest BCUT2D eigenvalue weighted by atomic mass is 10.2. The maximum atomic E-state index is 11.6. The number of nitrogens with zero attached hydrogens (tertiary/aromatic N) is 2. The fourth-order valence-corrected chi connectivity index (χ4v) is 4.06. The van der Waals surface area contributed by atoms with Crippen LogP contribution in [0.2, 0.25) is 0 Å². The van der Waals surface area contributed by atoms with Gasteiger partial charge in [-0.1, -0.05) is 6.42 Å². The van der Waals surface area contributed by atoms with Gasteiger partial charge in [-0.3, -0.25) is 4.68 Å². The van der Waals surface area contributed by atoms with Crippen LogP contribution < -0.4 is 5.32 Å². The molecule has 1 aliphatic carbocycles. The first-order valence-electron chi connectivity index (χ1n) is 6.47. The van der Waals surface area contributed by atoms with Crippen molar-refractivity contribution < 1.29 is 8.42 Å². The highest BCUT2D eigenvalue weighted by atomic mass is 32.2. The zero-order valence-electron chi connectivity index (χ0n) is 10.7. The van der Waals surface area contributed by atoms with Crippen LogP contribution in [0, 0.1) is 0 Å². The molecule has 0 spiro atoms. The van der Waals surface area contributed by atoms with E-state index in [0.717, 1.165) is 38.8 Å². The van der Waals surface area contributed by atoms with E-state index >= 15 is 0 Å². The van der Waals surface area contributed by atoms with Crippen LogP contribution in [0.5, 0.6) is 0 Å². The molecule has 0 radical (unpaired) electrons. The Morgan fingerprint density at radius 3 is 2.94 bits per heavy atom. The summed E-state index contributed by atoms with van der Waals surface area (Å²) in [6, 6.07) is 2.04. The van der Waals surface area contributed by atoms with Gasteiger partial charge in [-0.2, -0.15) is 5.10 Å². The largest absolute Gasteiger partial charge is 0.313 e. The molecule has 0 bridgehead atoms. The third-order valence-electron chi connectivity index (χ3n) is 3.53. The Bertz CT molecular complexity index is 456. The van der Waals surface area contributed by atoms with Crippen molar-refractivity contribution in [2.45, 2.75) is 43.5 Å². The van der Waals surface area contributed by atoms with Crippen LogP contribution in [0.25, 0.3) is 0 Å². The van der Waals surface area contributed by atoms with Crippen LogP contribution in [0.3, 0.4) is 0 Å². The molecule has 102 valence electrons. The zero-order chi connectivity index (χ0) is 13.0. The molecule has 1 aromatic rings. The molecule has 6 heteroatoms. The molecule has 1 heterocycles. The van der Waals surface area contributed by atoms with Crippen LogP contribution in [0.4, 0.5) is 0 Å². The van der Waals surface area contributed by atoms with Crippen molar-refractivity contribution in [2.75, 3.05) is 12.8 Å². The number of hydrogen-bond donors (Lipinski definition) is 1. The molecule has 5 nitrogen and oxygen atoms in total. The molecule has 1 fully saturated rings. The summed E-state index contributed by atoms with van der Waals surface area (Å²) in [5.74, 6) is 0. The summed E-state index contributed by atoms with van der Waals surface area (Å²) in [6.45, 7) is 1.72. The molecule has 0 amide bonds. The number of aromatic nitrogens is 2. The predicted octanol–water partition coefficient (Wildman–Crippen LogP) is 0.828. The van der Waals surface area contributed by atoms with Crippen molar-refractivity contribution in [3.05, 3.63) is 18.5 Å². The van der Waals surface area contributed by atoms with Crippen LogP contribution >= 0.6 is 0 Å². The topological polar surface area (TPSA) is 64.0 Å². The van der Waals surface area contributed by atoms with Crippen molar-refractivity contribution in [2.24, 2.45) is 0 Å². The predicted molar refractivity (Wildman–Crippen MR) is 71.1 cm³/mol. The third-order valence-corrected chi connectivity index (χ3v) is 5.20. The summed E-state index contributed by atoms with van der Waals surface area (Å²) in [4.78, 5) is 0. The van der Waals surface area contributed by atoms with E-state index in [2.05, 4.69) is 10.4 Å². The van der Waals surface area contributed by atoms with E-state index in [4.69, 9.17) is 0 Å². The molecule has 0 aromatic carbocycles. The lowest BCUT2D eigenvalue weighted by molar-refractivity contribution is 0.476. The average Bonchev–Trinajstić information content (AvgIpc) is 2.94. The monoisotopic (exact) mass is 271 g/mol. The molecule has 0 saturated heterocycles. The highest BCUT2D eigenvalue weighted by Gasteiger charge is 2.33. The third kappa shape index (κ3) is 3.55. The van der Waals surface area contributed by atoms with Crippen LogP contribution in [-0.2, 0) is 16.4 Å². The highest BCUT2D eigenvalue weighted by molar-refractivity contribution is 7.91.